The first-order valence-corrected chi connectivity index (χ1v) is 12.0. The molecule has 0 aliphatic carbocycles. The molecule has 0 unspecified atom stereocenters. The molecule has 0 bridgehead atoms. The van der Waals surface area contributed by atoms with Gasteiger partial charge in [0.2, 0.25) is 5.95 Å². The Balaban J connectivity index is 1.32. The average Bonchev–Trinajstić information content (AvgIpc) is 3.14. The molecule has 2 N–H and O–H groups in total. The van der Waals surface area contributed by atoms with E-state index in [1.807, 2.05) is 33.0 Å². The number of amides is 1. The number of rotatable bonds is 8. The van der Waals surface area contributed by atoms with Crippen molar-refractivity contribution in [2.75, 3.05) is 43.9 Å². The van der Waals surface area contributed by atoms with Crippen molar-refractivity contribution in [2.24, 2.45) is 0 Å². The highest BCUT2D eigenvalue weighted by atomic mass is 35.5. The monoisotopic (exact) mass is 488 g/mol. The van der Waals surface area contributed by atoms with Crippen molar-refractivity contribution in [2.45, 2.75) is 51.7 Å². The van der Waals surface area contributed by atoms with Crippen molar-refractivity contribution in [1.82, 2.24) is 29.5 Å². The lowest BCUT2D eigenvalue weighted by atomic mass is 10.1. The van der Waals surface area contributed by atoms with Crippen molar-refractivity contribution in [3.05, 3.63) is 35.4 Å². The molecule has 2 aromatic heterocycles. The summed E-state index contributed by atoms with van der Waals surface area (Å²) in [4.78, 5) is 24.8. The van der Waals surface area contributed by atoms with Gasteiger partial charge in [-0.1, -0.05) is 11.6 Å². The summed E-state index contributed by atoms with van der Waals surface area (Å²) in [6, 6.07) is 0.409. The number of nitrogens with zero attached hydrogens (tertiary/aromatic N) is 6. The number of halogens is 1. The number of hydrogen-bond donors (Lipinski definition) is 2. The van der Waals surface area contributed by atoms with Crippen LogP contribution in [0.4, 0.5) is 22.2 Å². The number of carbonyl (C=O) groups excluding carboxylic acids is 1. The van der Waals surface area contributed by atoms with Crippen LogP contribution in [0.25, 0.3) is 0 Å². The lowest BCUT2D eigenvalue weighted by Gasteiger charge is -2.31. The van der Waals surface area contributed by atoms with Crippen LogP contribution in [0.1, 0.15) is 44.8 Å². The van der Waals surface area contributed by atoms with Crippen molar-refractivity contribution in [1.29, 1.82) is 0 Å². The number of likely N-dealkylation sites (tertiary alicyclic amines) is 1. The first kappa shape index (κ1) is 24.3. The number of hydrogen-bond acceptors (Lipinski definition) is 8. The Labute approximate surface area is 205 Å². The molecule has 184 valence electrons. The second kappa shape index (κ2) is 10.2. The van der Waals surface area contributed by atoms with Crippen LogP contribution in [0.2, 0.25) is 5.02 Å². The van der Waals surface area contributed by atoms with Crippen LogP contribution in [-0.4, -0.2) is 74.5 Å². The minimum atomic E-state index is -0.564. The number of cyclic esters (lactones) is 1. The molecule has 2 aromatic rings. The quantitative estimate of drug-likeness (QED) is 0.533. The lowest BCUT2D eigenvalue weighted by molar-refractivity contribution is 0.0390. The molecule has 1 fully saturated rings. The van der Waals surface area contributed by atoms with Gasteiger partial charge in [-0.25, -0.2) is 9.78 Å². The van der Waals surface area contributed by atoms with Gasteiger partial charge >= 0.3 is 6.09 Å². The van der Waals surface area contributed by atoms with E-state index >= 15 is 0 Å². The largest absolute Gasteiger partial charge is 0.439 e. The first-order chi connectivity index (χ1) is 16.2. The van der Waals surface area contributed by atoms with Crippen LogP contribution in [0, 0.1) is 6.92 Å². The molecule has 34 heavy (non-hydrogen) atoms. The van der Waals surface area contributed by atoms with Crippen molar-refractivity contribution in [3.63, 3.8) is 0 Å². The zero-order valence-electron chi connectivity index (χ0n) is 20.2. The van der Waals surface area contributed by atoms with E-state index in [0.29, 0.717) is 42.3 Å². The molecule has 1 saturated heterocycles. The maximum atomic E-state index is 12.1. The molecule has 0 radical (unpaired) electrons. The number of piperidine rings is 1. The highest BCUT2D eigenvalue weighted by Crippen LogP contribution is 2.27. The molecular formula is C23H33ClN8O2. The zero-order chi connectivity index (χ0) is 24.3. The van der Waals surface area contributed by atoms with Gasteiger partial charge < -0.3 is 20.3 Å². The summed E-state index contributed by atoms with van der Waals surface area (Å²) >= 11 is 6.30. The maximum Gasteiger partial charge on any atom is 0.414 e. The van der Waals surface area contributed by atoms with Crippen molar-refractivity contribution in [3.8, 4) is 0 Å². The first-order valence-electron chi connectivity index (χ1n) is 11.7. The summed E-state index contributed by atoms with van der Waals surface area (Å²) in [7, 11) is 2.15. The topological polar surface area (TPSA) is 100 Å². The summed E-state index contributed by atoms with van der Waals surface area (Å²) in [5.74, 6) is 0.986. The molecule has 0 saturated carbocycles. The third kappa shape index (κ3) is 5.98. The van der Waals surface area contributed by atoms with Gasteiger partial charge in [0.15, 0.2) is 0 Å². The van der Waals surface area contributed by atoms with Gasteiger partial charge in [-0.15, -0.1) is 0 Å². The highest BCUT2D eigenvalue weighted by Gasteiger charge is 2.27. The number of aromatic nitrogens is 4. The van der Waals surface area contributed by atoms with Crippen molar-refractivity contribution >= 4 is 35.1 Å². The standard InChI is InChI=1S/C23H33ClN8O2/c1-16-19(15-32(29-16)17-6-11-30(4)12-7-17)27-21-26-14-18(24)20(28-21)25-9-5-10-31-13-8-23(2,3)34-22(31)33/h8,13-15,17H,5-7,9-12H2,1-4H3,(H2,25,26,27,28). The molecular weight excluding hydrogens is 456 g/mol. The van der Waals surface area contributed by atoms with E-state index in [9.17, 15) is 4.79 Å². The van der Waals surface area contributed by atoms with E-state index < -0.39 is 5.60 Å². The van der Waals surface area contributed by atoms with Gasteiger partial charge in [-0.2, -0.15) is 10.1 Å². The van der Waals surface area contributed by atoms with E-state index in [-0.39, 0.29) is 6.09 Å². The van der Waals surface area contributed by atoms with Crippen LogP contribution in [0.15, 0.2) is 24.7 Å². The molecule has 1 amide bonds. The summed E-state index contributed by atoms with van der Waals surface area (Å²) in [5.41, 5.74) is 1.22. The molecule has 2 aliphatic rings. The van der Waals surface area contributed by atoms with E-state index in [0.717, 1.165) is 37.3 Å². The van der Waals surface area contributed by atoms with Gasteiger partial charge in [0, 0.05) is 25.5 Å². The molecule has 10 nitrogen and oxygen atoms in total. The number of carbonyl (C=O) groups is 1. The van der Waals surface area contributed by atoms with E-state index in [1.54, 1.807) is 17.3 Å². The number of anilines is 3. The SMILES string of the molecule is Cc1nn(C2CCN(C)CC2)cc1Nc1ncc(Cl)c(NCCCN2C=CC(C)(C)OC2=O)n1. The molecule has 0 spiro atoms. The normalized spacial score (nSPS) is 18.7. The Morgan fingerprint density at radius 1 is 1.29 bits per heavy atom. The van der Waals surface area contributed by atoms with Gasteiger partial charge in [0.05, 0.1) is 23.6 Å². The Bertz CT molecular complexity index is 1050. The fourth-order valence-electron chi connectivity index (χ4n) is 3.99. The van der Waals surface area contributed by atoms with Gasteiger partial charge in [0.25, 0.3) is 0 Å². The number of aryl methyl sites for hydroxylation is 1. The molecule has 0 atom stereocenters. The zero-order valence-corrected chi connectivity index (χ0v) is 21.0. The van der Waals surface area contributed by atoms with Crippen LogP contribution in [-0.2, 0) is 4.74 Å². The van der Waals surface area contributed by atoms with E-state index in [4.69, 9.17) is 21.4 Å². The fraction of sp³-hybridized carbons (Fsp3) is 0.565. The highest BCUT2D eigenvalue weighted by molar-refractivity contribution is 6.32. The summed E-state index contributed by atoms with van der Waals surface area (Å²) in [6.45, 7) is 8.95. The van der Waals surface area contributed by atoms with Gasteiger partial charge in [0.1, 0.15) is 16.4 Å². The lowest BCUT2D eigenvalue weighted by Crippen LogP contribution is -2.39. The minimum Gasteiger partial charge on any atom is -0.439 e. The molecule has 11 heteroatoms. The van der Waals surface area contributed by atoms with Crippen LogP contribution < -0.4 is 10.6 Å². The predicted octanol–water partition coefficient (Wildman–Crippen LogP) is 4.19. The number of nitrogens with one attached hydrogen (secondary N) is 2. The summed E-state index contributed by atoms with van der Waals surface area (Å²) in [5, 5.41) is 11.6. The number of ether oxygens (including phenoxy) is 1. The van der Waals surface area contributed by atoms with Crippen molar-refractivity contribution < 1.29 is 9.53 Å². The average molecular weight is 489 g/mol. The van der Waals surface area contributed by atoms with Crippen LogP contribution in [0.5, 0.6) is 0 Å². The second-order valence-electron chi connectivity index (χ2n) is 9.42. The smallest absolute Gasteiger partial charge is 0.414 e. The summed E-state index contributed by atoms with van der Waals surface area (Å²) < 4.78 is 7.43. The third-order valence-electron chi connectivity index (χ3n) is 6.08. The Morgan fingerprint density at radius 3 is 2.79 bits per heavy atom. The Morgan fingerprint density at radius 2 is 2.06 bits per heavy atom. The Kier molecular flexibility index (Phi) is 7.27. The van der Waals surface area contributed by atoms with Gasteiger partial charge in [-0.05, 0) is 66.2 Å². The summed E-state index contributed by atoms with van der Waals surface area (Å²) in [6.07, 6.45) is 9.79. The van der Waals surface area contributed by atoms with Gasteiger partial charge in [-0.3, -0.25) is 9.58 Å². The Hall–Kier alpha value is -2.85. The minimum absolute atomic E-state index is 0.338. The molecule has 2 aliphatic heterocycles. The van der Waals surface area contributed by atoms with E-state index in [2.05, 4.69) is 37.2 Å². The third-order valence-corrected chi connectivity index (χ3v) is 6.35. The van der Waals surface area contributed by atoms with E-state index in [1.165, 1.54) is 0 Å². The predicted molar refractivity (Wildman–Crippen MR) is 133 cm³/mol. The molecule has 0 aromatic carbocycles. The van der Waals surface area contributed by atoms with Crippen LogP contribution >= 0.6 is 11.6 Å². The molecule has 4 rings (SSSR count). The second-order valence-corrected chi connectivity index (χ2v) is 9.83. The van der Waals surface area contributed by atoms with Crippen LogP contribution in [0.3, 0.4) is 0 Å². The maximum absolute atomic E-state index is 12.1. The fourth-order valence-corrected chi connectivity index (χ4v) is 4.15. The molecule has 4 heterocycles.